The highest BCUT2D eigenvalue weighted by atomic mass is 16.5. The van der Waals surface area contributed by atoms with Crippen LogP contribution in [0.4, 0.5) is 0 Å². The number of hydrogen-bond acceptors (Lipinski definition) is 5. The summed E-state index contributed by atoms with van der Waals surface area (Å²) in [6.45, 7) is 8.37. The zero-order chi connectivity index (χ0) is 27.9. The molecule has 0 spiro atoms. The van der Waals surface area contributed by atoms with Crippen molar-refractivity contribution in [2.75, 3.05) is 26.2 Å². The molecule has 0 atom stereocenters. The number of nitrogens with two attached hydrogens (primary N) is 1. The lowest BCUT2D eigenvalue weighted by molar-refractivity contribution is -0.150. The Bertz CT molecular complexity index is 485. The quantitative estimate of drug-likeness (QED) is 0.0542. The number of unbranched alkanes of at least 4 members (excludes halogenated alkanes) is 17. The number of hydrogen-bond donors (Lipinski definition) is 1. The summed E-state index contributed by atoms with van der Waals surface area (Å²) in [5.41, 5.74) is 5.78. The number of ether oxygens (including phenoxy) is 1. The molecule has 0 saturated heterocycles. The normalized spacial score (nSPS) is 11.5. The van der Waals surface area contributed by atoms with E-state index < -0.39 is 0 Å². The number of rotatable bonds is 31. The molecule has 0 aliphatic heterocycles. The molecular formula is C33H66N2O3. The third-order valence-electron chi connectivity index (χ3n) is 7.65. The van der Waals surface area contributed by atoms with Crippen molar-refractivity contribution in [2.45, 2.75) is 174 Å². The van der Waals surface area contributed by atoms with E-state index in [1.165, 1.54) is 96.3 Å². The second-order valence-corrected chi connectivity index (χ2v) is 11.4. The maximum absolute atomic E-state index is 12.6. The molecule has 0 aliphatic rings. The largest absolute Gasteiger partial charge is 0.462 e. The second-order valence-electron chi connectivity index (χ2n) is 11.4. The molecule has 0 amide bonds. The fraction of sp³-hybridized carbons (Fsp3) is 0.939. The molecule has 0 heterocycles. The van der Waals surface area contributed by atoms with Crippen LogP contribution < -0.4 is 5.73 Å². The first kappa shape index (κ1) is 37.1. The van der Waals surface area contributed by atoms with Crippen molar-refractivity contribution in [3.8, 4) is 0 Å². The Morgan fingerprint density at radius 2 is 1.13 bits per heavy atom. The SMILES string of the molecule is CCCCCCCCC(CCCCCCCC)OC(=O)CCCCCCCN(CCN)CCCCCC=O. The van der Waals surface area contributed by atoms with E-state index >= 15 is 0 Å². The third-order valence-corrected chi connectivity index (χ3v) is 7.65. The molecule has 0 aromatic carbocycles. The lowest BCUT2D eigenvalue weighted by Crippen LogP contribution is -2.31. The van der Waals surface area contributed by atoms with Crippen LogP contribution in [0, 0.1) is 0 Å². The maximum Gasteiger partial charge on any atom is 0.306 e. The number of aldehydes is 1. The van der Waals surface area contributed by atoms with Gasteiger partial charge in [0, 0.05) is 25.9 Å². The summed E-state index contributed by atoms with van der Waals surface area (Å²) in [4.78, 5) is 25.5. The van der Waals surface area contributed by atoms with Gasteiger partial charge in [0.15, 0.2) is 0 Å². The van der Waals surface area contributed by atoms with Crippen molar-refractivity contribution < 1.29 is 14.3 Å². The van der Waals surface area contributed by atoms with Gasteiger partial charge in [-0.05, 0) is 64.5 Å². The van der Waals surface area contributed by atoms with E-state index in [-0.39, 0.29) is 12.1 Å². The van der Waals surface area contributed by atoms with Gasteiger partial charge in [-0.3, -0.25) is 4.79 Å². The molecule has 0 rings (SSSR count). The number of nitrogens with zero attached hydrogens (tertiary/aromatic N) is 1. The standard InChI is InChI=1S/C33H66N2O3/c1-3-5-7-9-12-18-24-32(25-19-13-10-8-6-4-2)38-33(37)26-20-14-11-15-21-28-35(30-27-34)29-22-16-17-23-31-36/h31-32H,3-30,34H2,1-2H3. The first-order chi connectivity index (χ1) is 18.7. The van der Waals surface area contributed by atoms with E-state index in [1.54, 1.807) is 0 Å². The molecule has 38 heavy (non-hydrogen) atoms. The molecule has 0 bridgehead atoms. The Morgan fingerprint density at radius 1 is 0.658 bits per heavy atom. The van der Waals surface area contributed by atoms with Crippen LogP contribution in [0.3, 0.4) is 0 Å². The van der Waals surface area contributed by atoms with Gasteiger partial charge >= 0.3 is 5.97 Å². The van der Waals surface area contributed by atoms with Crippen molar-refractivity contribution >= 4 is 12.3 Å². The van der Waals surface area contributed by atoms with Crippen molar-refractivity contribution in [1.29, 1.82) is 0 Å². The molecule has 226 valence electrons. The maximum atomic E-state index is 12.6. The Morgan fingerprint density at radius 3 is 1.66 bits per heavy atom. The molecule has 0 fully saturated rings. The zero-order valence-electron chi connectivity index (χ0n) is 25.7. The zero-order valence-corrected chi connectivity index (χ0v) is 25.7. The van der Waals surface area contributed by atoms with Gasteiger partial charge in [-0.2, -0.15) is 0 Å². The summed E-state index contributed by atoms with van der Waals surface area (Å²) in [7, 11) is 0. The summed E-state index contributed by atoms with van der Waals surface area (Å²) in [5, 5.41) is 0. The van der Waals surface area contributed by atoms with Gasteiger partial charge in [0.1, 0.15) is 12.4 Å². The van der Waals surface area contributed by atoms with Crippen LogP contribution in [0.15, 0.2) is 0 Å². The monoisotopic (exact) mass is 539 g/mol. The minimum Gasteiger partial charge on any atom is -0.462 e. The van der Waals surface area contributed by atoms with E-state index in [0.717, 1.165) is 70.9 Å². The van der Waals surface area contributed by atoms with Crippen LogP contribution >= 0.6 is 0 Å². The molecule has 5 heteroatoms. The highest BCUT2D eigenvalue weighted by Gasteiger charge is 2.14. The lowest BCUT2D eigenvalue weighted by Gasteiger charge is -2.21. The molecular weight excluding hydrogens is 472 g/mol. The number of carbonyl (C=O) groups is 2. The summed E-state index contributed by atoms with van der Waals surface area (Å²) < 4.78 is 5.98. The van der Waals surface area contributed by atoms with Crippen LogP contribution in [0.1, 0.15) is 168 Å². The van der Waals surface area contributed by atoms with Gasteiger partial charge in [-0.25, -0.2) is 0 Å². The smallest absolute Gasteiger partial charge is 0.306 e. The predicted octanol–water partition coefficient (Wildman–Crippen LogP) is 8.76. The van der Waals surface area contributed by atoms with E-state index in [4.69, 9.17) is 10.5 Å². The summed E-state index contributed by atoms with van der Waals surface area (Å²) >= 11 is 0. The first-order valence-electron chi connectivity index (χ1n) is 16.7. The topological polar surface area (TPSA) is 72.6 Å². The third kappa shape index (κ3) is 26.7. The van der Waals surface area contributed by atoms with E-state index in [0.29, 0.717) is 19.4 Å². The predicted molar refractivity (Wildman–Crippen MR) is 164 cm³/mol. The van der Waals surface area contributed by atoms with Crippen molar-refractivity contribution in [3.63, 3.8) is 0 Å². The fourth-order valence-corrected chi connectivity index (χ4v) is 5.20. The molecule has 0 aliphatic carbocycles. The minimum atomic E-state index is 0.0238. The average molecular weight is 539 g/mol. The van der Waals surface area contributed by atoms with Gasteiger partial charge in [-0.1, -0.05) is 104 Å². The van der Waals surface area contributed by atoms with Crippen LogP contribution in [0.2, 0.25) is 0 Å². The number of esters is 1. The Hall–Kier alpha value is -0.940. The van der Waals surface area contributed by atoms with Crippen molar-refractivity contribution in [1.82, 2.24) is 4.90 Å². The molecule has 0 aromatic heterocycles. The Labute approximate surface area is 237 Å². The first-order valence-corrected chi connectivity index (χ1v) is 16.7. The molecule has 5 nitrogen and oxygen atoms in total. The van der Waals surface area contributed by atoms with Gasteiger partial charge in [0.25, 0.3) is 0 Å². The molecule has 0 aromatic rings. The number of carbonyl (C=O) groups excluding carboxylic acids is 2. The summed E-state index contributed by atoms with van der Waals surface area (Å²) in [5.74, 6) is 0.0238. The van der Waals surface area contributed by atoms with E-state index in [1.807, 2.05) is 0 Å². The van der Waals surface area contributed by atoms with Gasteiger partial charge in [0.05, 0.1) is 0 Å². The Kier molecular flexibility index (Phi) is 29.8. The van der Waals surface area contributed by atoms with E-state index in [9.17, 15) is 9.59 Å². The van der Waals surface area contributed by atoms with Crippen LogP contribution in [-0.4, -0.2) is 49.4 Å². The molecule has 2 N–H and O–H groups in total. The average Bonchev–Trinajstić information content (AvgIpc) is 2.91. The van der Waals surface area contributed by atoms with Gasteiger partial charge < -0.3 is 20.2 Å². The molecule has 0 radical (unpaired) electrons. The molecule has 0 saturated carbocycles. The van der Waals surface area contributed by atoms with Crippen molar-refractivity contribution in [2.24, 2.45) is 5.73 Å². The van der Waals surface area contributed by atoms with Gasteiger partial charge in [-0.15, -0.1) is 0 Å². The van der Waals surface area contributed by atoms with Gasteiger partial charge in [0.2, 0.25) is 0 Å². The Balaban J connectivity index is 4.06. The van der Waals surface area contributed by atoms with Crippen LogP contribution in [-0.2, 0) is 14.3 Å². The fourth-order valence-electron chi connectivity index (χ4n) is 5.20. The van der Waals surface area contributed by atoms with Crippen LogP contribution in [0.25, 0.3) is 0 Å². The highest BCUT2D eigenvalue weighted by molar-refractivity contribution is 5.69. The van der Waals surface area contributed by atoms with Crippen molar-refractivity contribution in [3.05, 3.63) is 0 Å². The lowest BCUT2D eigenvalue weighted by atomic mass is 10.0. The second kappa shape index (κ2) is 30.6. The highest BCUT2D eigenvalue weighted by Crippen LogP contribution is 2.18. The summed E-state index contributed by atoms with van der Waals surface area (Å²) in [6, 6.07) is 0. The summed E-state index contributed by atoms with van der Waals surface area (Å²) in [6.07, 6.45) is 28.9. The minimum absolute atomic E-state index is 0.0238. The van der Waals surface area contributed by atoms with Crippen LogP contribution in [0.5, 0.6) is 0 Å². The molecule has 0 unspecified atom stereocenters. The van der Waals surface area contributed by atoms with E-state index in [2.05, 4.69) is 18.7 Å².